The van der Waals surface area contributed by atoms with Gasteiger partial charge in [0.15, 0.2) is 5.96 Å². The van der Waals surface area contributed by atoms with Crippen LogP contribution in [0.25, 0.3) is 0 Å². The highest BCUT2D eigenvalue weighted by molar-refractivity contribution is 7.09. The van der Waals surface area contributed by atoms with E-state index in [9.17, 15) is 0 Å². The number of hydrogen-bond donors (Lipinski definition) is 2. The number of benzene rings is 1. The second-order valence-corrected chi connectivity index (χ2v) is 8.35. The van der Waals surface area contributed by atoms with Gasteiger partial charge in [-0.05, 0) is 24.9 Å². The first-order chi connectivity index (χ1) is 13.1. The van der Waals surface area contributed by atoms with Crippen molar-refractivity contribution in [1.29, 1.82) is 0 Å². The average molecular weight is 386 g/mol. The molecule has 2 heterocycles. The van der Waals surface area contributed by atoms with Crippen LogP contribution in [0, 0.1) is 0 Å². The molecular formula is C21H31N5S. The third kappa shape index (κ3) is 6.04. The Morgan fingerprint density at radius 2 is 2.15 bits per heavy atom. The predicted octanol–water partition coefficient (Wildman–Crippen LogP) is 3.60. The molecule has 0 amide bonds. The van der Waals surface area contributed by atoms with Gasteiger partial charge in [-0.25, -0.2) is 4.98 Å². The molecule has 6 heteroatoms. The van der Waals surface area contributed by atoms with Crippen molar-refractivity contribution in [3.8, 4) is 0 Å². The van der Waals surface area contributed by atoms with Crippen LogP contribution >= 0.6 is 11.3 Å². The Bertz CT molecular complexity index is 725. The minimum absolute atomic E-state index is 0.426. The second-order valence-electron chi connectivity index (χ2n) is 7.46. The number of thiazole rings is 1. The van der Waals surface area contributed by atoms with Gasteiger partial charge in [-0.2, -0.15) is 0 Å². The van der Waals surface area contributed by atoms with Crippen LogP contribution in [0.5, 0.6) is 0 Å². The molecule has 2 N–H and O–H groups in total. The highest BCUT2D eigenvalue weighted by Crippen LogP contribution is 2.19. The van der Waals surface area contributed by atoms with E-state index in [4.69, 9.17) is 0 Å². The van der Waals surface area contributed by atoms with E-state index in [1.807, 2.05) is 7.05 Å². The van der Waals surface area contributed by atoms with E-state index in [0.29, 0.717) is 18.5 Å². The lowest BCUT2D eigenvalue weighted by molar-refractivity contribution is 0.192. The Morgan fingerprint density at radius 3 is 2.85 bits per heavy atom. The zero-order valence-corrected chi connectivity index (χ0v) is 17.4. The smallest absolute Gasteiger partial charge is 0.191 e. The molecule has 1 aromatic heterocycles. The number of likely N-dealkylation sites (tertiary alicyclic amines) is 1. The van der Waals surface area contributed by atoms with Gasteiger partial charge in [0.1, 0.15) is 0 Å². The zero-order chi connectivity index (χ0) is 19.1. The summed E-state index contributed by atoms with van der Waals surface area (Å²) in [4.78, 5) is 11.6. The number of hydrogen-bond acceptors (Lipinski definition) is 4. The molecule has 0 saturated carbocycles. The molecule has 27 heavy (non-hydrogen) atoms. The number of rotatable bonds is 6. The molecule has 2 aromatic rings. The molecule has 1 aliphatic rings. The summed E-state index contributed by atoms with van der Waals surface area (Å²) in [6.45, 7) is 8.30. The molecule has 1 unspecified atom stereocenters. The van der Waals surface area contributed by atoms with Crippen molar-refractivity contribution in [3.63, 3.8) is 0 Å². The van der Waals surface area contributed by atoms with Gasteiger partial charge in [-0.1, -0.05) is 44.2 Å². The first-order valence-electron chi connectivity index (χ1n) is 9.82. The van der Waals surface area contributed by atoms with Crippen LogP contribution in [0.15, 0.2) is 40.7 Å². The van der Waals surface area contributed by atoms with Crippen LogP contribution < -0.4 is 10.6 Å². The Morgan fingerprint density at radius 1 is 1.33 bits per heavy atom. The van der Waals surface area contributed by atoms with Crippen LogP contribution in [0.1, 0.15) is 48.9 Å². The standard InChI is InChI=1S/C21H31N5S/c1-16(2)20-24-19(15-27-20)12-23-21(22-3)25-18-10-7-11-26(14-18)13-17-8-5-4-6-9-17/h4-6,8-9,15-16,18H,7,10-14H2,1-3H3,(H2,22,23,25). The van der Waals surface area contributed by atoms with Crippen molar-refractivity contribution >= 4 is 17.3 Å². The lowest BCUT2D eigenvalue weighted by atomic mass is 10.0. The maximum Gasteiger partial charge on any atom is 0.191 e. The fourth-order valence-electron chi connectivity index (χ4n) is 3.39. The van der Waals surface area contributed by atoms with Crippen LogP contribution in [0.3, 0.4) is 0 Å². The van der Waals surface area contributed by atoms with Crippen molar-refractivity contribution in [1.82, 2.24) is 20.5 Å². The van der Waals surface area contributed by atoms with Gasteiger partial charge in [-0.15, -0.1) is 11.3 Å². The topological polar surface area (TPSA) is 52.6 Å². The molecule has 0 bridgehead atoms. The first-order valence-corrected chi connectivity index (χ1v) is 10.7. The van der Waals surface area contributed by atoms with Crippen molar-refractivity contribution in [3.05, 3.63) is 52.0 Å². The molecule has 5 nitrogen and oxygen atoms in total. The number of nitrogens with zero attached hydrogens (tertiary/aromatic N) is 3. The SMILES string of the molecule is CN=C(NCc1csc(C(C)C)n1)NC1CCCN(Cc2ccccc2)C1. The summed E-state index contributed by atoms with van der Waals surface area (Å²) in [6.07, 6.45) is 2.39. The largest absolute Gasteiger partial charge is 0.352 e. The van der Waals surface area contributed by atoms with Crippen molar-refractivity contribution < 1.29 is 0 Å². The molecule has 1 atom stereocenters. The third-order valence-electron chi connectivity index (χ3n) is 4.82. The maximum atomic E-state index is 4.69. The Balaban J connectivity index is 1.48. The normalized spacial score (nSPS) is 18.7. The Hall–Kier alpha value is -1.92. The van der Waals surface area contributed by atoms with E-state index in [0.717, 1.165) is 31.3 Å². The second kappa shape index (κ2) is 9.85. The Kier molecular flexibility index (Phi) is 7.24. The van der Waals surface area contributed by atoms with Crippen LogP contribution in [0.2, 0.25) is 0 Å². The summed E-state index contributed by atoms with van der Waals surface area (Å²) in [5.41, 5.74) is 2.46. The number of nitrogens with one attached hydrogen (secondary N) is 2. The quantitative estimate of drug-likeness (QED) is 0.589. The summed E-state index contributed by atoms with van der Waals surface area (Å²) < 4.78 is 0. The highest BCUT2D eigenvalue weighted by atomic mass is 32.1. The van der Waals surface area contributed by atoms with E-state index in [1.54, 1.807) is 11.3 Å². The number of aromatic nitrogens is 1. The van der Waals surface area contributed by atoms with Gasteiger partial charge >= 0.3 is 0 Å². The molecule has 0 aliphatic carbocycles. The highest BCUT2D eigenvalue weighted by Gasteiger charge is 2.20. The fourth-order valence-corrected chi connectivity index (χ4v) is 4.22. The fraction of sp³-hybridized carbons (Fsp3) is 0.524. The molecule has 1 saturated heterocycles. The molecule has 1 aliphatic heterocycles. The van der Waals surface area contributed by atoms with Gasteiger partial charge in [0, 0.05) is 37.5 Å². The van der Waals surface area contributed by atoms with Gasteiger partial charge in [0.05, 0.1) is 17.2 Å². The number of aliphatic imine (C=N–C) groups is 1. The molecule has 146 valence electrons. The van der Waals surface area contributed by atoms with E-state index < -0.39 is 0 Å². The number of guanidine groups is 1. The van der Waals surface area contributed by atoms with E-state index >= 15 is 0 Å². The number of piperidine rings is 1. The van der Waals surface area contributed by atoms with Crippen LogP contribution in [-0.2, 0) is 13.1 Å². The lowest BCUT2D eigenvalue weighted by Gasteiger charge is -2.34. The molecule has 0 spiro atoms. The van der Waals surface area contributed by atoms with Gasteiger partial charge in [-0.3, -0.25) is 9.89 Å². The third-order valence-corrected chi connectivity index (χ3v) is 6.01. The van der Waals surface area contributed by atoms with Crippen molar-refractivity contribution in [2.75, 3.05) is 20.1 Å². The minimum Gasteiger partial charge on any atom is -0.352 e. The van der Waals surface area contributed by atoms with Gasteiger partial charge < -0.3 is 10.6 Å². The van der Waals surface area contributed by atoms with E-state index in [2.05, 4.69) is 75.1 Å². The summed E-state index contributed by atoms with van der Waals surface area (Å²) >= 11 is 1.74. The average Bonchev–Trinajstić information content (AvgIpc) is 3.16. The van der Waals surface area contributed by atoms with Gasteiger partial charge in [0.2, 0.25) is 0 Å². The molecule has 0 radical (unpaired) electrons. The maximum absolute atomic E-state index is 4.69. The van der Waals surface area contributed by atoms with E-state index in [1.165, 1.54) is 23.4 Å². The predicted molar refractivity (Wildman–Crippen MR) is 114 cm³/mol. The van der Waals surface area contributed by atoms with Gasteiger partial charge in [0.25, 0.3) is 0 Å². The summed E-state index contributed by atoms with van der Waals surface area (Å²) in [7, 11) is 1.83. The molecule has 3 rings (SSSR count). The van der Waals surface area contributed by atoms with Crippen LogP contribution in [-0.4, -0.2) is 42.0 Å². The van der Waals surface area contributed by atoms with E-state index in [-0.39, 0.29) is 0 Å². The van der Waals surface area contributed by atoms with Crippen LogP contribution in [0.4, 0.5) is 0 Å². The first kappa shape index (κ1) is 19.8. The Labute approximate surface area is 166 Å². The molecule has 1 aromatic carbocycles. The van der Waals surface area contributed by atoms with Crippen molar-refractivity contribution in [2.45, 2.75) is 51.7 Å². The van der Waals surface area contributed by atoms with Crippen molar-refractivity contribution in [2.24, 2.45) is 4.99 Å². The monoisotopic (exact) mass is 385 g/mol. The summed E-state index contributed by atoms with van der Waals surface area (Å²) in [5, 5.41) is 10.3. The lowest BCUT2D eigenvalue weighted by Crippen LogP contribution is -2.50. The minimum atomic E-state index is 0.426. The summed E-state index contributed by atoms with van der Waals surface area (Å²) in [5.74, 6) is 1.35. The zero-order valence-electron chi connectivity index (χ0n) is 16.6. The summed E-state index contributed by atoms with van der Waals surface area (Å²) in [6, 6.07) is 11.1. The molecular weight excluding hydrogens is 354 g/mol. The molecule has 1 fully saturated rings.